The van der Waals surface area contributed by atoms with E-state index in [1.165, 1.54) is 11.1 Å². The average Bonchev–Trinajstić information content (AvgIpc) is 2.53. The summed E-state index contributed by atoms with van der Waals surface area (Å²) in [5.41, 5.74) is 4.68. The van der Waals surface area contributed by atoms with Crippen LogP contribution in [0.25, 0.3) is 0 Å². The molecule has 0 atom stereocenters. The molecule has 1 aliphatic heterocycles. The topological polar surface area (TPSA) is 43.8 Å². The first-order valence-electron chi connectivity index (χ1n) is 8.42. The van der Waals surface area contributed by atoms with Gasteiger partial charge in [-0.25, -0.2) is 0 Å². The minimum atomic E-state index is -0.690. The molecule has 4 nitrogen and oxygen atoms in total. The highest BCUT2D eigenvalue weighted by Gasteiger charge is 2.32. The maximum atomic E-state index is 10.9. The van der Waals surface area contributed by atoms with Gasteiger partial charge in [-0.05, 0) is 41.8 Å². The van der Waals surface area contributed by atoms with E-state index in [9.17, 15) is 4.79 Å². The summed E-state index contributed by atoms with van der Waals surface area (Å²) >= 11 is 6.10. The molecule has 0 radical (unpaired) electrons. The molecule has 0 spiro atoms. The molecule has 1 fully saturated rings. The van der Waals surface area contributed by atoms with Crippen LogP contribution < -0.4 is 4.90 Å². The van der Waals surface area contributed by atoms with E-state index in [-0.39, 0.29) is 5.92 Å². The monoisotopic (exact) mass is 358 g/mol. The molecule has 1 aliphatic rings. The first-order chi connectivity index (χ1) is 11.9. The van der Waals surface area contributed by atoms with E-state index in [1.807, 2.05) is 19.1 Å². The third-order valence-corrected chi connectivity index (χ3v) is 5.13. The second-order valence-electron chi connectivity index (χ2n) is 6.84. The summed E-state index contributed by atoms with van der Waals surface area (Å²) in [4.78, 5) is 15.3. The molecule has 0 aromatic heterocycles. The summed E-state index contributed by atoms with van der Waals surface area (Å²) < 4.78 is 0. The molecule has 0 unspecified atom stereocenters. The molecule has 1 N–H and O–H groups in total. The lowest BCUT2D eigenvalue weighted by Gasteiger charge is -2.36. The van der Waals surface area contributed by atoms with E-state index >= 15 is 0 Å². The Hall–Kier alpha value is -2.04. The number of anilines is 1. The van der Waals surface area contributed by atoms with Crippen LogP contribution in [-0.4, -0.2) is 36.1 Å². The predicted octanol–water partition coefficient (Wildman–Crippen LogP) is 3.80. The molecule has 1 saturated heterocycles. The summed E-state index contributed by atoms with van der Waals surface area (Å²) in [6, 6.07) is 14.6. The van der Waals surface area contributed by atoms with Crippen LogP contribution >= 0.6 is 11.6 Å². The number of halogens is 1. The van der Waals surface area contributed by atoms with Crippen LogP contribution in [0.15, 0.2) is 42.5 Å². The van der Waals surface area contributed by atoms with Gasteiger partial charge in [0, 0.05) is 43.9 Å². The Morgan fingerprint density at radius 1 is 1.24 bits per heavy atom. The minimum Gasteiger partial charge on any atom is -0.481 e. The number of likely N-dealkylation sites (tertiary alicyclic amines) is 1. The van der Waals surface area contributed by atoms with Crippen LogP contribution in [0.3, 0.4) is 0 Å². The highest BCUT2D eigenvalue weighted by atomic mass is 35.5. The quantitative estimate of drug-likeness (QED) is 0.853. The molecule has 0 bridgehead atoms. The number of carbonyl (C=O) groups is 1. The third-order valence-electron chi connectivity index (χ3n) is 4.71. The number of benzene rings is 2. The molecular weight excluding hydrogens is 336 g/mol. The molecule has 132 valence electrons. The Kier molecular flexibility index (Phi) is 5.30. The van der Waals surface area contributed by atoms with Crippen molar-refractivity contribution in [3.8, 4) is 0 Å². The molecule has 25 heavy (non-hydrogen) atoms. The van der Waals surface area contributed by atoms with Crippen LogP contribution in [0.4, 0.5) is 5.69 Å². The lowest BCUT2D eigenvalue weighted by atomic mass is 9.99. The molecular formula is C20H23ClN2O2. The first-order valence-corrected chi connectivity index (χ1v) is 8.80. The van der Waals surface area contributed by atoms with E-state index in [0.717, 1.165) is 29.4 Å². The summed E-state index contributed by atoms with van der Waals surface area (Å²) in [6.07, 6.45) is 0. The third kappa shape index (κ3) is 4.33. The van der Waals surface area contributed by atoms with Gasteiger partial charge >= 0.3 is 5.97 Å². The van der Waals surface area contributed by atoms with Gasteiger partial charge in [-0.1, -0.05) is 35.9 Å². The van der Waals surface area contributed by atoms with Gasteiger partial charge in [0.2, 0.25) is 0 Å². The average molecular weight is 359 g/mol. The number of carboxylic acid groups (broad SMARTS) is 1. The Morgan fingerprint density at radius 2 is 1.96 bits per heavy atom. The van der Waals surface area contributed by atoms with Gasteiger partial charge in [0.25, 0.3) is 0 Å². The Labute approximate surface area is 153 Å². The van der Waals surface area contributed by atoms with Gasteiger partial charge in [0.1, 0.15) is 0 Å². The fourth-order valence-corrected chi connectivity index (χ4v) is 3.29. The lowest BCUT2D eigenvalue weighted by molar-refractivity contribution is -0.147. The van der Waals surface area contributed by atoms with Crippen LogP contribution in [0.1, 0.15) is 16.7 Å². The van der Waals surface area contributed by atoms with Crippen LogP contribution in [0.2, 0.25) is 5.02 Å². The van der Waals surface area contributed by atoms with Crippen molar-refractivity contribution in [1.29, 1.82) is 0 Å². The maximum absolute atomic E-state index is 10.9. The smallest absolute Gasteiger partial charge is 0.309 e. The number of aliphatic carboxylic acids is 1. The minimum absolute atomic E-state index is 0.206. The Balaban J connectivity index is 1.61. The van der Waals surface area contributed by atoms with E-state index in [1.54, 1.807) is 0 Å². The zero-order valence-electron chi connectivity index (χ0n) is 14.6. The summed E-state index contributed by atoms with van der Waals surface area (Å²) in [5, 5.41) is 9.75. The van der Waals surface area contributed by atoms with Gasteiger partial charge in [0.05, 0.1) is 5.92 Å². The van der Waals surface area contributed by atoms with Crippen molar-refractivity contribution in [3.05, 3.63) is 64.2 Å². The summed E-state index contributed by atoms with van der Waals surface area (Å²) in [7, 11) is 2.07. The molecule has 0 saturated carbocycles. The number of nitrogens with zero attached hydrogens (tertiary/aromatic N) is 2. The van der Waals surface area contributed by atoms with Gasteiger partial charge in [0.15, 0.2) is 0 Å². The fourth-order valence-electron chi connectivity index (χ4n) is 3.17. The van der Waals surface area contributed by atoms with E-state index < -0.39 is 5.97 Å². The van der Waals surface area contributed by atoms with Crippen molar-refractivity contribution in [1.82, 2.24) is 4.90 Å². The van der Waals surface area contributed by atoms with Crippen molar-refractivity contribution in [3.63, 3.8) is 0 Å². The van der Waals surface area contributed by atoms with Crippen LogP contribution in [0, 0.1) is 12.8 Å². The van der Waals surface area contributed by atoms with Crippen molar-refractivity contribution in [2.45, 2.75) is 20.0 Å². The largest absolute Gasteiger partial charge is 0.481 e. The molecule has 5 heteroatoms. The van der Waals surface area contributed by atoms with E-state index in [0.29, 0.717) is 13.1 Å². The standard InChI is InChI=1S/C20H23ClN2O2/c1-14-8-18(6-7-19(14)21)22(2)10-15-4-3-5-16(9-15)11-23-12-17(13-23)20(24)25/h3-9,17H,10-13H2,1-2H3,(H,24,25). The lowest BCUT2D eigenvalue weighted by Crippen LogP contribution is -2.49. The van der Waals surface area contributed by atoms with E-state index in [2.05, 4.69) is 47.2 Å². The van der Waals surface area contributed by atoms with Gasteiger partial charge in [-0.2, -0.15) is 0 Å². The number of hydrogen-bond acceptors (Lipinski definition) is 3. The predicted molar refractivity (Wildman–Crippen MR) is 101 cm³/mol. The Bertz CT molecular complexity index is 772. The highest BCUT2D eigenvalue weighted by molar-refractivity contribution is 6.31. The SMILES string of the molecule is Cc1cc(N(C)Cc2cccc(CN3CC(C(=O)O)C3)c2)ccc1Cl. The zero-order chi connectivity index (χ0) is 18.0. The summed E-state index contributed by atoms with van der Waals surface area (Å²) in [5.74, 6) is -0.896. The van der Waals surface area contributed by atoms with Gasteiger partial charge in [-0.15, -0.1) is 0 Å². The van der Waals surface area contributed by atoms with Crippen LogP contribution in [0.5, 0.6) is 0 Å². The molecule has 0 aliphatic carbocycles. The fraction of sp³-hybridized carbons (Fsp3) is 0.350. The normalized spacial score (nSPS) is 15.0. The molecule has 1 heterocycles. The second-order valence-corrected chi connectivity index (χ2v) is 7.25. The molecule has 3 rings (SSSR count). The Morgan fingerprint density at radius 3 is 2.64 bits per heavy atom. The maximum Gasteiger partial charge on any atom is 0.309 e. The summed E-state index contributed by atoms with van der Waals surface area (Å²) in [6.45, 7) is 4.92. The number of carboxylic acids is 1. The number of rotatable bonds is 6. The van der Waals surface area contributed by atoms with Crippen LogP contribution in [-0.2, 0) is 17.9 Å². The van der Waals surface area contributed by atoms with Gasteiger partial charge in [-0.3, -0.25) is 9.69 Å². The molecule has 2 aromatic carbocycles. The van der Waals surface area contributed by atoms with Crippen molar-refractivity contribution in [2.75, 3.05) is 25.0 Å². The van der Waals surface area contributed by atoms with Crippen molar-refractivity contribution in [2.24, 2.45) is 5.92 Å². The van der Waals surface area contributed by atoms with Gasteiger partial charge < -0.3 is 10.0 Å². The number of hydrogen-bond donors (Lipinski definition) is 1. The van der Waals surface area contributed by atoms with E-state index in [4.69, 9.17) is 16.7 Å². The van der Waals surface area contributed by atoms with Crippen molar-refractivity contribution < 1.29 is 9.90 Å². The molecule has 0 amide bonds. The van der Waals surface area contributed by atoms with Crippen molar-refractivity contribution >= 4 is 23.3 Å². The second kappa shape index (κ2) is 7.46. The number of aryl methyl sites for hydroxylation is 1. The highest BCUT2D eigenvalue weighted by Crippen LogP contribution is 2.24. The molecule has 2 aromatic rings. The zero-order valence-corrected chi connectivity index (χ0v) is 15.3. The first kappa shape index (κ1) is 17.8.